The van der Waals surface area contributed by atoms with Gasteiger partial charge in [0.15, 0.2) is 0 Å². The first kappa shape index (κ1) is 16.6. The van der Waals surface area contributed by atoms with Crippen molar-refractivity contribution in [1.82, 2.24) is 4.90 Å². The third kappa shape index (κ3) is 5.15. The number of nitrogens with zero attached hydrogens (tertiary/aromatic N) is 1. The minimum Gasteiger partial charge on any atom is -0.492 e. The van der Waals surface area contributed by atoms with Gasteiger partial charge in [-0.2, -0.15) is 0 Å². The SMILES string of the molecule is CCC(N)Cc1c(Cl)cccc1OCCN1CCOCC1. The van der Waals surface area contributed by atoms with E-state index in [1.54, 1.807) is 0 Å². The van der Waals surface area contributed by atoms with Crippen molar-refractivity contribution in [1.29, 1.82) is 0 Å². The lowest BCUT2D eigenvalue weighted by atomic mass is 10.0. The van der Waals surface area contributed by atoms with Crippen molar-refractivity contribution in [2.45, 2.75) is 25.8 Å². The van der Waals surface area contributed by atoms with Crippen molar-refractivity contribution in [2.75, 3.05) is 39.5 Å². The van der Waals surface area contributed by atoms with E-state index in [-0.39, 0.29) is 6.04 Å². The highest BCUT2D eigenvalue weighted by atomic mass is 35.5. The lowest BCUT2D eigenvalue weighted by Crippen LogP contribution is -2.38. The lowest BCUT2D eigenvalue weighted by molar-refractivity contribution is 0.0322. The van der Waals surface area contributed by atoms with Gasteiger partial charge in [0.2, 0.25) is 0 Å². The van der Waals surface area contributed by atoms with Gasteiger partial charge in [0.1, 0.15) is 12.4 Å². The van der Waals surface area contributed by atoms with E-state index in [9.17, 15) is 0 Å². The van der Waals surface area contributed by atoms with Crippen molar-refractivity contribution >= 4 is 11.6 Å². The summed E-state index contributed by atoms with van der Waals surface area (Å²) in [5.41, 5.74) is 7.08. The lowest BCUT2D eigenvalue weighted by Gasteiger charge is -2.26. The van der Waals surface area contributed by atoms with Crippen molar-refractivity contribution in [2.24, 2.45) is 5.73 Å². The Hall–Kier alpha value is -0.810. The molecule has 1 aromatic rings. The Bertz CT molecular complexity index is 436. The third-order valence-corrected chi connectivity index (χ3v) is 4.19. The largest absolute Gasteiger partial charge is 0.492 e. The highest BCUT2D eigenvalue weighted by molar-refractivity contribution is 6.31. The highest BCUT2D eigenvalue weighted by Gasteiger charge is 2.13. The number of nitrogens with two attached hydrogens (primary N) is 1. The van der Waals surface area contributed by atoms with E-state index in [1.807, 2.05) is 18.2 Å². The molecule has 2 rings (SSSR count). The number of benzene rings is 1. The summed E-state index contributed by atoms with van der Waals surface area (Å²) in [5, 5.41) is 0.739. The van der Waals surface area contributed by atoms with Crippen LogP contribution in [0.3, 0.4) is 0 Å². The van der Waals surface area contributed by atoms with Crippen LogP contribution in [0.1, 0.15) is 18.9 Å². The van der Waals surface area contributed by atoms with Crippen molar-refractivity contribution in [3.05, 3.63) is 28.8 Å². The number of ether oxygens (including phenoxy) is 2. The molecule has 21 heavy (non-hydrogen) atoms. The van der Waals surface area contributed by atoms with E-state index >= 15 is 0 Å². The van der Waals surface area contributed by atoms with Gasteiger partial charge in [-0.05, 0) is 25.0 Å². The van der Waals surface area contributed by atoms with Gasteiger partial charge in [-0.3, -0.25) is 4.90 Å². The topological polar surface area (TPSA) is 47.7 Å². The van der Waals surface area contributed by atoms with Crippen LogP contribution in [0.15, 0.2) is 18.2 Å². The molecule has 1 fully saturated rings. The van der Waals surface area contributed by atoms with E-state index < -0.39 is 0 Å². The third-order valence-electron chi connectivity index (χ3n) is 3.84. The molecule has 1 saturated heterocycles. The standard InChI is InChI=1S/C16H25ClN2O2/c1-2-13(18)12-14-15(17)4-3-5-16(14)21-11-8-19-6-9-20-10-7-19/h3-5,13H,2,6-12,18H2,1H3. The number of hydrogen-bond donors (Lipinski definition) is 1. The predicted octanol–water partition coefficient (Wildman–Crippen LogP) is 2.33. The Kier molecular flexibility index (Phi) is 6.77. The summed E-state index contributed by atoms with van der Waals surface area (Å²) in [4.78, 5) is 2.35. The summed E-state index contributed by atoms with van der Waals surface area (Å²) in [6.07, 6.45) is 1.68. The maximum Gasteiger partial charge on any atom is 0.124 e. The van der Waals surface area contributed by atoms with Crippen LogP contribution >= 0.6 is 11.6 Å². The van der Waals surface area contributed by atoms with Gasteiger partial charge in [-0.1, -0.05) is 24.6 Å². The molecule has 1 aliphatic heterocycles. The first-order chi connectivity index (χ1) is 10.2. The Morgan fingerprint density at radius 1 is 1.38 bits per heavy atom. The van der Waals surface area contributed by atoms with Crippen LogP contribution in [0.2, 0.25) is 5.02 Å². The molecule has 0 saturated carbocycles. The molecule has 1 aliphatic rings. The highest BCUT2D eigenvalue weighted by Crippen LogP contribution is 2.28. The van der Waals surface area contributed by atoms with Gasteiger partial charge < -0.3 is 15.2 Å². The molecular formula is C16H25ClN2O2. The van der Waals surface area contributed by atoms with E-state index in [4.69, 9.17) is 26.8 Å². The van der Waals surface area contributed by atoms with Crippen LogP contribution < -0.4 is 10.5 Å². The van der Waals surface area contributed by atoms with Crippen molar-refractivity contribution in [3.8, 4) is 5.75 Å². The number of hydrogen-bond acceptors (Lipinski definition) is 4. The molecule has 4 nitrogen and oxygen atoms in total. The van der Waals surface area contributed by atoms with E-state index in [0.29, 0.717) is 6.61 Å². The minimum absolute atomic E-state index is 0.117. The number of halogens is 1. The zero-order chi connectivity index (χ0) is 15.1. The molecule has 1 aromatic carbocycles. The molecule has 1 atom stereocenters. The number of morpholine rings is 1. The Balaban J connectivity index is 1.90. The molecule has 0 spiro atoms. The van der Waals surface area contributed by atoms with Gasteiger partial charge in [0.05, 0.1) is 13.2 Å². The summed E-state index contributed by atoms with van der Waals surface area (Å²) in [6.45, 7) is 7.24. The van der Waals surface area contributed by atoms with Crippen LogP contribution in [0.25, 0.3) is 0 Å². The van der Waals surface area contributed by atoms with Crippen LogP contribution in [0.5, 0.6) is 5.75 Å². The molecule has 2 N–H and O–H groups in total. The molecule has 0 aromatic heterocycles. The Labute approximate surface area is 132 Å². The van der Waals surface area contributed by atoms with Gasteiger partial charge in [-0.15, -0.1) is 0 Å². The van der Waals surface area contributed by atoms with E-state index in [2.05, 4.69) is 11.8 Å². The first-order valence-corrected chi connectivity index (χ1v) is 8.04. The second kappa shape index (κ2) is 8.59. The van der Waals surface area contributed by atoms with E-state index in [1.165, 1.54) is 0 Å². The fourth-order valence-electron chi connectivity index (χ4n) is 2.39. The molecule has 1 unspecified atom stereocenters. The summed E-state index contributed by atoms with van der Waals surface area (Å²) in [7, 11) is 0. The molecule has 0 bridgehead atoms. The minimum atomic E-state index is 0.117. The quantitative estimate of drug-likeness (QED) is 0.839. The van der Waals surface area contributed by atoms with Gasteiger partial charge >= 0.3 is 0 Å². The Morgan fingerprint density at radius 2 is 2.14 bits per heavy atom. The fraction of sp³-hybridized carbons (Fsp3) is 0.625. The molecule has 0 aliphatic carbocycles. The average molecular weight is 313 g/mol. The summed E-state index contributed by atoms with van der Waals surface area (Å²) in [6, 6.07) is 5.91. The fourth-order valence-corrected chi connectivity index (χ4v) is 2.63. The van der Waals surface area contributed by atoms with Gasteiger partial charge in [0.25, 0.3) is 0 Å². The molecular weight excluding hydrogens is 288 g/mol. The summed E-state index contributed by atoms with van der Waals surface area (Å²) >= 11 is 6.30. The monoisotopic (exact) mass is 312 g/mol. The van der Waals surface area contributed by atoms with Crippen LogP contribution in [-0.4, -0.2) is 50.4 Å². The zero-order valence-corrected chi connectivity index (χ0v) is 13.4. The van der Waals surface area contributed by atoms with Crippen LogP contribution in [0.4, 0.5) is 0 Å². The summed E-state index contributed by atoms with van der Waals surface area (Å²) in [5.74, 6) is 0.861. The van der Waals surface area contributed by atoms with E-state index in [0.717, 1.165) is 62.0 Å². The molecule has 118 valence electrons. The maximum absolute atomic E-state index is 6.30. The van der Waals surface area contributed by atoms with Crippen LogP contribution in [0, 0.1) is 0 Å². The second-order valence-corrected chi connectivity index (χ2v) is 5.80. The predicted molar refractivity (Wildman–Crippen MR) is 86.2 cm³/mol. The normalized spacial score (nSPS) is 17.7. The Morgan fingerprint density at radius 3 is 2.86 bits per heavy atom. The van der Waals surface area contributed by atoms with Gasteiger partial charge in [-0.25, -0.2) is 0 Å². The second-order valence-electron chi connectivity index (χ2n) is 5.39. The molecule has 0 amide bonds. The first-order valence-electron chi connectivity index (χ1n) is 7.66. The van der Waals surface area contributed by atoms with Crippen molar-refractivity contribution in [3.63, 3.8) is 0 Å². The van der Waals surface area contributed by atoms with Crippen molar-refractivity contribution < 1.29 is 9.47 Å². The smallest absolute Gasteiger partial charge is 0.124 e. The summed E-state index contributed by atoms with van der Waals surface area (Å²) < 4.78 is 11.3. The molecule has 1 heterocycles. The maximum atomic E-state index is 6.30. The average Bonchev–Trinajstić information content (AvgIpc) is 2.51. The van der Waals surface area contributed by atoms with Crippen LogP contribution in [-0.2, 0) is 11.2 Å². The molecule has 5 heteroatoms. The van der Waals surface area contributed by atoms with Gasteiger partial charge in [0, 0.05) is 36.3 Å². The molecule has 0 radical (unpaired) electrons. The zero-order valence-electron chi connectivity index (χ0n) is 12.7. The number of rotatable bonds is 7.